The van der Waals surface area contributed by atoms with E-state index in [-0.39, 0.29) is 11.6 Å². The summed E-state index contributed by atoms with van der Waals surface area (Å²) in [5.74, 6) is 1.14. The van der Waals surface area contributed by atoms with Gasteiger partial charge in [-0.3, -0.25) is 4.90 Å². The van der Waals surface area contributed by atoms with E-state index in [1.54, 1.807) is 0 Å². The molecule has 0 spiro atoms. The Morgan fingerprint density at radius 2 is 2.12 bits per heavy atom. The van der Waals surface area contributed by atoms with Gasteiger partial charge in [0.05, 0.1) is 11.5 Å². The quantitative estimate of drug-likeness (QED) is 0.719. The average Bonchev–Trinajstić information content (AvgIpc) is 2.47. The van der Waals surface area contributed by atoms with Crippen LogP contribution in [-0.4, -0.2) is 49.5 Å². The molecule has 3 atom stereocenters. The monoisotopic (exact) mass is 246 g/mol. The Kier molecular flexibility index (Phi) is 3.05. The van der Waals surface area contributed by atoms with Gasteiger partial charge in [0, 0.05) is 24.7 Å². The highest BCUT2D eigenvalue weighted by molar-refractivity contribution is 7.91. The zero-order chi connectivity index (χ0) is 12.0. The summed E-state index contributed by atoms with van der Waals surface area (Å²) in [5, 5.41) is 0. The van der Waals surface area contributed by atoms with Crippen LogP contribution in [0, 0.1) is 5.92 Å². The molecule has 0 amide bonds. The van der Waals surface area contributed by atoms with Crippen molar-refractivity contribution in [2.24, 2.45) is 11.7 Å². The van der Waals surface area contributed by atoms with E-state index >= 15 is 0 Å². The lowest BCUT2D eigenvalue weighted by molar-refractivity contribution is 0.0666. The molecule has 3 unspecified atom stereocenters. The highest BCUT2D eigenvalue weighted by Crippen LogP contribution is 2.32. The van der Waals surface area contributed by atoms with Gasteiger partial charge in [0.2, 0.25) is 0 Å². The molecule has 4 nitrogen and oxygen atoms in total. The summed E-state index contributed by atoms with van der Waals surface area (Å²) < 4.78 is 23.2. The van der Waals surface area contributed by atoms with Gasteiger partial charge in [0.25, 0.3) is 0 Å². The molecule has 2 heterocycles. The summed E-state index contributed by atoms with van der Waals surface area (Å²) in [4.78, 5) is 2.34. The number of nitrogens with zero attached hydrogens (tertiary/aromatic N) is 1. The molecular formula is C11H22N2O2S. The summed E-state index contributed by atoms with van der Waals surface area (Å²) in [7, 11) is -2.81. The van der Waals surface area contributed by atoms with E-state index in [1.807, 2.05) is 0 Å². The van der Waals surface area contributed by atoms with Crippen LogP contribution in [0.4, 0.5) is 0 Å². The molecule has 0 saturated carbocycles. The second-order valence-electron chi connectivity index (χ2n) is 5.71. The van der Waals surface area contributed by atoms with E-state index < -0.39 is 9.84 Å². The number of hydrogen-bond acceptors (Lipinski definition) is 4. The fourth-order valence-electron chi connectivity index (χ4n) is 2.90. The van der Waals surface area contributed by atoms with Gasteiger partial charge in [0.15, 0.2) is 9.84 Å². The van der Waals surface area contributed by atoms with Crippen LogP contribution in [0.3, 0.4) is 0 Å². The first-order valence-corrected chi connectivity index (χ1v) is 7.86. The number of hydrogen-bond donors (Lipinski definition) is 1. The number of likely N-dealkylation sites (tertiary alicyclic amines) is 1. The minimum Gasteiger partial charge on any atom is -0.327 e. The Labute approximate surface area is 98.1 Å². The highest BCUT2D eigenvalue weighted by atomic mass is 32.2. The fraction of sp³-hybridized carbons (Fsp3) is 1.00. The largest absolute Gasteiger partial charge is 0.327 e. The van der Waals surface area contributed by atoms with Crippen molar-refractivity contribution in [1.29, 1.82) is 0 Å². The summed E-state index contributed by atoms with van der Waals surface area (Å²) in [6.45, 7) is 6.12. The van der Waals surface area contributed by atoms with Crippen molar-refractivity contribution in [3.8, 4) is 0 Å². The van der Waals surface area contributed by atoms with Gasteiger partial charge in [-0.25, -0.2) is 8.42 Å². The van der Waals surface area contributed by atoms with Crippen LogP contribution in [0.1, 0.15) is 26.7 Å². The predicted molar refractivity (Wildman–Crippen MR) is 65.0 cm³/mol. The maximum absolute atomic E-state index is 11.6. The van der Waals surface area contributed by atoms with Gasteiger partial charge in [-0.1, -0.05) is 6.92 Å². The van der Waals surface area contributed by atoms with E-state index in [0.29, 0.717) is 17.4 Å². The minimum atomic E-state index is -2.81. The molecule has 0 aromatic carbocycles. The topological polar surface area (TPSA) is 63.4 Å². The lowest BCUT2D eigenvalue weighted by atomic mass is 9.89. The lowest BCUT2D eigenvalue weighted by Crippen LogP contribution is -2.55. The first kappa shape index (κ1) is 12.3. The van der Waals surface area contributed by atoms with E-state index in [0.717, 1.165) is 25.9 Å². The molecule has 2 fully saturated rings. The molecule has 5 heteroatoms. The van der Waals surface area contributed by atoms with Crippen LogP contribution in [0.5, 0.6) is 0 Å². The van der Waals surface area contributed by atoms with Crippen molar-refractivity contribution >= 4 is 9.84 Å². The molecule has 2 saturated heterocycles. The second kappa shape index (κ2) is 3.96. The molecule has 94 valence electrons. The number of piperidine rings is 1. The Morgan fingerprint density at radius 1 is 1.44 bits per heavy atom. The smallest absolute Gasteiger partial charge is 0.152 e. The molecule has 2 N–H and O–H groups in total. The third-order valence-corrected chi connectivity index (χ3v) is 6.11. The lowest BCUT2D eigenvalue weighted by Gasteiger charge is -2.44. The third-order valence-electron chi connectivity index (χ3n) is 4.22. The number of sulfone groups is 1. The van der Waals surface area contributed by atoms with Gasteiger partial charge in [-0.05, 0) is 25.7 Å². The first-order chi connectivity index (χ1) is 7.32. The Bertz CT molecular complexity index is 368. The zero-order valence-electron chi connectivity index (χ0n) is 10.1. The molecule has 2 aliphatic rings. The zero-order valence-corrected chi connectivity index (χ0v) is 11.0. The van der Waals surface area contributed by atoms with Crippen LogP contribution < -0.4 is 5.73 Å². The van der Waals surface area contributed by atoms with Crippen molar-refractivity contribution in [3.63, 3.8) is 0 Å². The Morgan fingerprint density at radius 3 is 2.62 bits per heavy atom. The standard InChI is InChI=1S/C11H22N2O2S/c1-9-7-13(5-3-10(9)12)11(2)4-6-16(14,15)8-11/h9-10H,3-8,12H2,1-2H3. The van der Waals surface area contributed by atoms with Crippen molar-refractivity contribution in [3.05, 3.63) is 0 Å². The molecule has 2 rings (SSSR count). The summed E-state index contributed by atoms with van der Waals surface area (Å²) in [6.07, 6.45) is 1.76. The van der Waals surface area contributed by atoms with Gasteiger partial charge < -0.3 is 5.73 Å². The average molecular weight is 246 g/mol. The van der Waals surface area contributed by atoms with Crippen molar-refractivity contribution in [1.82, 2.24) is 4.90 Å². The van der Waals surface area contributed by atoms with E-state index in [1.165, 1.54) is 0 Å². The van der Waals surface area contributed by atoms with E-state index in [4.69, 9.17) is 5.73 Å². The molecule has 0 radical (unpaired) electrons. The third kappa shape index (κ3) is 2.26. The van der Waals surface area contributed by atoms with Crippen molar-refractivity contribution in [2.75, 3.05) is 24.6 Å². The number of rotatable bonds is 1. The maximum atomic E-state index is 11.6. The van der Waals surface area contributed by atoms with Crippen LogP contribution in [-0.2, 0) is 9.84 Å². The van der Waals surface area contributed by atoms with E-state index in [2.05, 4.69) is 18.7 Å². The van der Waals surface area contributed by atoms with Gasteiger partial charge in [0.1, 0.15) is 0 Å². The van der Waals surface area contributed by atoms with Gasteiger partial charge in [-0.2, -0.15) is 0 Å². The van der Waals surface area contributed by atoms with Crippen LogP contribution in [0.15, 0.2) is 0 Å². The van der Waals surface area contributed by atoms with Gasteiger partial charge in [-0.15, -0.1) is 0 Å². The van der Waals surface area contributed by atoms with Crippen LogP contribution in [0.25, 0.3) is 0 Å². The van der Waals surface area contributed by atoms with Gasteiger partial charge >= 0.3 is 0 Å². The Balaban J connectivity index is 2.08. The summed E-state index contributed by atoms with van der Waals surface area (Å²) in [5.41, 5.74) is 5.85. The molecular weight excluding hydrogens is 224 g/mol. The number of nitrogens with two attached hydrogens (primary N) is 1. The normalized spacial score (nSPS) is 44.7. The molecule has 0 aromatic rings. The Hall–Kier alpha value is -0.130. The fourth-order valence-corrected chi connectivity index (χ4v) is 5.07. The van der Waals surface area contributed by atoms with E-state index in [9.17, 15) is 8.42 Å². The molecule has 16 heavy (non-hydrogen) atoms. The summed E-state index contributed by atoms with van der Waals surface area (Å²) in [6, 6.07) is 0.276. The molecule has 0 aromatic heterocycles. The second-order valence-corrected chi connectivity index (χ2v) is 7.90. The first-order valence-electron chi connectivity index (χ1n) is 6.03. The summed E-state index contributed by atoms with van der Waals surface area (Å²) >= 11 is 0. The molecule has 2 aliphatic heterocycles. The maximum Gasteiger partial charge on any atom is 0.152 e. The SMILES string of the molecule is CC1CN(C2(C)CCS(=O)(=O)C2)CCC1N. The predicted octanol–water partition coefficient (Wildman–Crippen LogP) is 0.233. The van der Waals surface area contributed by atoms with Crippen LogP contribution in [0.2, 0.25) is 0 Å². The van der Waals surface area contributed by atoms with Crippen LogP contribution >= 0.6 is 0 Å². The highest BCUT2D eigenvalue weighted by Gasteiger charge is 2.44. The minimum absolute atomic E-state index is 0.146. The molecule has 0 bridgehead atoms. The molecule has 0 aliphatic carbocycles. The van der Waals surface area contributed by atoms with Crippen molar-refractivity contribution < 1.29 is 8.42 Å². The van der Waals surface area contributed by atoms with Crippen molar-refractivity contribution in [2.45, 2.75) is 38.3 Å².